The van der Waals surface area contributed by atoms with E-state index in [1.807, 2.05) is 30.3 Å². The molecule has 1 N–H and O–H groups in total. The summed E-state index contributed by atoms with van der Waals surface area (Å²) >= 11 is 0. The average molecular weight is 406 g/mol. The number of rotatable bonds is 11. The summed E-state index contributed by atoms with van der Waals surface area (Å²) in [7, 11) is -2.18. The monoisotopic (exact) mass is 406 g/mol. The van der Waals surface area contributed by atoms with Gasteiger partial charge in [0, 0.05) is 25.8 Å². The third kappa shape index (κ3) is 7.58. The van der Waals surface area contributed by atoms with Crippen molar-refractivity contribution in [2.24, 2.45) is 0 Å². The standard InChI is InChI=1S/C20H25NO6S/c1-26-19(20(22)23)14-16-8-10-17(11-9-16)21-12-4-6-15-5-3-7-18(13-15)27-28(2,24)25/h3,5,7-11,13,19,21H,4,6,12,14H2,1-2H3,(H,22,23)/p-1/t19-/m0/s1. The predicted molar refractivity (Wildman–Crippen MR) is 105 cm³/mol. The molecule has 2 rings (SSSR count). The summed E-state index contributed by atoms with van der Waals surface area (Å²) < 4.78 is 32.2. The molecule has 0 spiro atoms. The second-order valence-corrected chi connectivity index (χ2v) is 7.98. The molecule has 152 valence electrons. The zero-order chi connectivity index (χ0) is 20.6. The lowest BCUT2D eigenvalue weighted by Crippen LogP contribution is -2.38. The highest BCUT2D eigenvalue weighted by atomic mass is 32.2. The van der Waals surface area contributed by atoms with Crippen LogP contribution in [0.2, 0.25) is 0 Å². The van der Waals surface area contributed by atoms with Crippen LogP contribution < -0.4 is 14.6 Å². The number of carboxylic acid groups (broad SMARTS) is 1. The van der Waals surface area contributed by atoms with E-state index in [0.717, 1.165) is 42.5 Å². The summed E-state index contributed by atoms with van der Waals surface area (Å²) in [6, 6.07) is 14.5. The van der Waals surface area contributed by atoms with E-state index in [1.165, 1.54) is 7.11 Å². The topological polar surface area (TPSA) is 105 Å². The van der Waals surface area contributed by atoms with Gasteiger partial charge in [-0.2, -0.15) is 8.42 Å². The smallest absolute Gasteiger partial charge is 0.306 e. The van der Waals surface area contributed by atoms with Gasteiger partial charge in [-0.1, -0.05) is 24.3 Å². The second-order valence-electron chi connectivity index (χ2n) is 6.41. The van der Waals surface area contributed by atoms with Gasteiger partial charge in [0.15, 0.2) is 0 Å². The van der Waals surface area contributed by atoms with Gasteiger partial charge in [-0.15, -0.1) is 0 Å². The van der Waals surface area contributed by atoms with Gasteiger partial charge in [-0.25, -0.2) is 0 Å². The van der Waals surface area contributed by atoms with Crippen LogP contribution in [0.4, 0.5) is 5.69 Å². The fourth-order valence-electron chi connectivity index (χ4n) is 2.69. The zero-order valence-electron chi connectivity index (χ0n) is 15.9. The Morgan fingerprint density at radius 2 is 1.86 bits per heavy atom. The molecule has 0 aliphatic rings. The van der Waals surface area contributed by atoms with Crippen LogP contribution in [0, 0.1) is 0 Å². The van der Waals surface area contributed by atoms with Crippen LogP contribution in [0.15, 0.2) is 48.5 Å². The molecule has 0 radical (unpaired) electrons. The minimum atomic E-state index is -3.53. The summed E-state index contributed by atoms with van der Waals surface area (Å²) in [5.74, 6) is -0.912. The molecule has 0 saturated carbocycles. The lowest BCUT2D eigenvalue weighted by Gasteiger charge is -2.16. The maximum absolute atomic E-state index is 11.2. The number of carbonyl (C=O) groups excluding carboxylic acids is 1. The van der Waals surface area contributed by atoms with E-state index >= 15 is 0 Å². The zero-order valence-corrected chi connectivity index (χ0v) is 16.7. The van der Waals surface area contributed by atoms with E-state index < -0.39 is 22.2 Å². The molecule has 0 bridgehead atoms. The van der Waals surface area contributed by atoms with Gasteiger partial charge in [-0.05, 0) is 48.2 Å². The lowest BCUT2D eigenvalue weighted by atomic mass is 10.1. The minimum Gasteiger partial charge on any atom is -0.547 e. The van der Waals surface area contributed by atoms with Gasteiger partial charge < -0.3 is 24.1 Å². The summed E-state index contributed by atoms with van der Waals surface area (Å²) in [4.78, 5) is 10.9. The number of ether oxygens (including phenoxy) is 1. The van der Waals surface area contributed by atoms with Crippen molar-refractivity contribution >= 4 is 21.8 Å². The molecule has 2 aromatic rings. The molecule has 0 fully saturated rings. The molecule has 0 aromatic heterocycles. The first-order valence-electron chi connectivity index (χ1n) is 8.81. The fraction of sp³-hybridized carbons (Fsp3) is 0.350. The highest BCUT2D eigenvalue weighted by Crippen LogP contribution is 2.17. The van der Waals surface area contributed by atoms with E-state index in [9.17, 15) is 18.3 Å². The van der Waals surface area contributed by atoms with Crippen molar-refractivity contribution < 1.29 is 27.2 Å². The van der Waals surface area contributed by atoms with Crippen molar-refractivity contribution in [3.8, 4) is 5.75 Å². The molecular formula is C20H24NO6S-. The van der Waals surface area contributed by atoms with Gasteiger partial charge in [0.1, 0.15) is 11.9 Å². The number of benzene rings is 2. The Labute approximate surface area is 165 Å². The van der Waals surface area contributed by atoms with E-state index in [2.05, 4.69) is 5.32 Å². The Bertz CT molecular complexity index is 880. The number of carbonyl (C=O) groups is 1. The molecule has 8 heteroatoms. The number of carboxylic acids is 1. The Balaban J connectivity index is 1.79. The normalized spacial score (nSPS) is 12.4. The summed E-state index contributed by atoms with van der Waals surface area (Å²) in [6.07, 6.45) is 1.93. The second kappa shape index (κ2) is 10.1. The maximum Gasteiger partial charge on any atom is 0.306 e. The van der Waals surface area contributed by atoms with Crippen LogP contribution in [0.5, 0.6) is 5.75 Å². The van der Waals surface area contributed by atoms with E-state index in [-0.39, 0.29) is 6.42 Å². The molecule has 0 unspecified atom stereocenters. The van der Waals surface area contributed by atoms with Gasteiger partial charge in [0.25, 0.3) is 0 Å². The number of hydrogen-bond acceptors (Lipinski definition) is 7. The number of methoxy groups -OCH3 is 1. The van der Waals surface area contributed by atoms with E-state index in [1.54, 1.807) is 18.2 Å². The third-order valence-corrected chi connectivity index (χ3v) is 4.54. The van der Waals surface area contributed by atoms with Crippen molar-refractivity contribution in [1.29, 1.82) is 0 Å². The third-order valence-electron chi connectivity index (χ3n) is 4.04. The molecule has 0 aliphatic carbocycles. The molecule has 7 nitrogen and oxygen atoms in total. The number of aryl methyl sites for hydroxylation is 1. The highest BCUT2D eigenvalue weighted by Gasteiger charge is 2.09. The Morgan fingerprint density at radius 3 is 2.46 bits per heavy atom. The summed E-state index contributed by atoms with van der Waals surface area (Å²) in [5.41, 5.74) is 2.77. The SMILES string of the molecule is CO[C@@H](Cc1ccc(NCCCc2cccc(OS(C)(=O)=O)c2)cc1)C(=O)[O-]. The van der Waals surface area contributed by atoms with Crippen molar-refractivity contribution in [3.63, 3.8) is 0 Å². The molecule has 1 atom stereocenters. The predicted octanol–water partition coefficient (Wildman–Crippen LogP) is 1.38. The maximum atomic E-state index is 11.2. The highest BCUT2D eigenvalue weighted by molar-refractivity contribution is 7.86. The minimum absolute atomic E-state index is 0.255. The van der Waals surface area contributed by atoms with Crippen molar-refractivity contribution in [2.45, 2.75) is 25.4 Å². The lowest BCUT2D eigenvalue weighted by molar-refractivity contribution is -0.315. The molecular weight excluding hydrogens is 382 g/mol. The number of anilines is 1. The quantitative estimate of drug-likeness (QED) is 0.444. The van der Waals surface area contributed by atoms with E-state index in [0.29, 0.717) is 5.75 Å². The van der Waals surface area contributed by atoms with Crippen LogP contribution in [-0.2, 0) is 32.5 Å². The van der Waals surface area contributed by atoms with E-state index in [4.69, 9.17) is 8.92 Å². The molecule has 0 aliphatic heterocycles. The summed E-state index contributed by atoms with van der Waals surface area (Å²) in [5, 5.41) is 14.2. The average Bonchev–Trinajstić information content (AvgIpc) is 2.63. The number of hydrogen-bond donors (Lipinski definition) is 1. The van der Waals surface area contributed by atoms with Crippen LogP contribution >= 0.6 is 0 Å². The van der Waals surface area contributed by atoms with Crippen LogP contribution in [0.25, 0.3) is 0 Å². The molecule has 28 heavy (non-hydrogen) atoms. The Morgan fingerprint density at radius 1 is 1.14 bits per heavy atom. The number of aliphatic carboxylic acids is 1. The van der Waals surface area contributed by atoms with Crippen LogP contribution in [-0.4, -0.2) is 40.4 Å². The van der Waals surface area contributed by atoms with Gasteiger partial charge in [-0.3, -0.25) is 0 Å². The molecule has 0 heterocycles. The first-order valence-corrected chi connectivity index (χ1v) is 10.6. The fourth-order valence-corrected chi connectivity index (χ4v) is 3.14. The number of nitrogens with one attached hydrogen (secondary N) is 1. The van der Waals surface area contributed by atoms with Crippen molar-refractivity contribution in [2.75, 3.05) is 25.2 Å². The largest absolute Gasteiger partial charge is 0.547 e. The molecule has 0 amide bonds. The molecule has 2 aromatic carbocycles. The summed E-state index contributed by atoms with van der Waals surface area (Å²) in [6.45, 7) is 0.732. The molecule has 0 saturated heterocycles. The van der Waals surface area contributed by atoms with Crippen LogP contribution in [0.1, 0.15) is 17.5 Å². The van der Waals surface area contributed by atoms with Gasteiger partial charge in [0.2, 0.25) is 0 Å². The first-order chi connectivity index (χ1) is 13.3. The Kier molecular flexibility index (Phi) is 7.83. The first kappa shape index (κ1) is 21.7. The van der Waals surface area contributed by atoms with Crippen molar-refractivity contribution in [3.05, 3.63) is 59.7 Å². The van der Waals surface area contributed by atoms with Gasteiger partial charge >= 0.3 is 10.1 Å². The van der Waals surface area contributed by atoms with Crippen LogP contribution in [0.3, 0.4) is 0 Å². The van der Waals surface area contributed by atoms with Gasteiger partial charge in [0.05, 0.1) is 12.2 Å². The van der Waals surface area contributed by atoms with Crippen molar-refractivity contribution in [1.82, 2.24) is 0 Å². The Hall–Kier alpha value is -2.58.